The van der Waals surface area contributed by atoms with Gasteiger partial charge in [0.05, 0.1) is 10.7 Å². The van der Waals surface area contributed by atoms with Crippen molar-refractivity contribution in [1.82, 2.24) is 4.90 Å². The van der Waals surface area contributed by atoms with E-state index in [4.69, 9.17) is 11.6 Å². The summed E-state index contributed by atoms with van der Waals surface area (Å²) in [6, 6.07) is 13.4. The largest absolute Gasteiger partial charge is 0.370 e. The van der Waals surface area contributed by atoms with Crippen molar-refractivity contribution < 1.29 is 4.79 Å². The summed E-state index contributed by atoms with van der Waals surface area (Å²) in [4.78, 5) is 16.4. The minimum atomic E-state index is -0.166. The average Bonchev–Trinajstić information content (AvgIpc) is 3.11. The Bertz CT molecular complexity index is 762. The molecule has 132 valence electrons. The van der Waals surface area contributed by atoms with E-state index < -0.39 is 0 Å². The van der Waals surface area contributed by atoms with Crippen molar-refractivity contribution >= 4 is 44.9 Å². The molecule has 3 rings (SSSR count). The second kappa shape index (κ2) is 8.11. The molecule has 1 aliphatic rings. The van der Waals surface area contributed by atoms with Crippen LogP contribution >= 0.6 is 27.5 Å². The summed E-state index contributed by atoms with van der Waals surface area (Å²) in [6.07, 6.45) is 2.41. The lowest BCUT2D eigenvalue weighted by molar-refractivity contribution is 0.220. The standard InChI is InChI=1S/C19H21BrClN3O/c1-23(13-14-6-2-3-7-16(14)20)19(25)22-15-8-9-18(17(21)12-15)24-10-4-5-11-24/h2-3,6-9,12H,4-5,10-11,13H2,1H3,(H,22,25). The smallest absolute Gasteiger partial charge is 0.321 e. The number of hydrogen-bond acceptors (Lipinski definition) is 2. The summed E-state index contributed by atoms with van der Waals surface area (Å²) in [6.45, 7) is 2.60. The number of hydrogen-bond donors (Lipinski definition) is 1. The fourth-order valence-electron chi connectivity index (χ4n) is 2.97. The molecule has 25 heavy (non-hydrogen) atoms. The average molecular weight is 423 g/mol. The number of nitrogens with one attached hydrogen (secondary N) is 1. The molecule has 0 radical (unpaired) electrons. The molecule has 0 spiro atoms. The first-order chi connectivity index (χ1) is 12.0. The number of anilines is 2. The van der Waals surface area contributed by atoms with Gasteiger partial charge in [-0.3, -0.25) is 0 Å². The number of urea groups is 1. The molecule has 0 aliphatic carbocycles. The third-order valence-corrected chi connectivity index (χ3v) is 5.43. The maximum atomic E-state index is 12.4. The Morgan fingerprint density at radius 2 is 1.96 bits per heavy atom. The normalized spacial score (nSPS) is 13.8. The summed E-state index contributed by atoms with van der Waals surface area (Å²) in [7, 11) is 1.77. The van der Waals surface area contributed by atoms with Crippen LogP contribution in [0.5, 0.6) is 0 Å². The van der Waals surface area contributed by atoms with Gasteiger partial charge in [-0.1, -0.05) is 45.7 Å². The minimum absolute atomic E-state index is 0.166. The monoisotopic (exact) mass is 421 g/mol. The molecule has 0 unspecified atom stereocenters. The van der Waals surface area contributed by atoms with Crippen LogP contribution in [0.4, 0.5) is 16.2 Å². The van der Waals surface area contributed by atoms with Crippen LogP contribution in [0.1, 0.15) is 18.4 Å². The molecule has 0 aromatic heterocycles. The lowest BCUT2D eigenvalue weighted by atomic mass is 10.2. The molecular weight excluding hydrogens is 402 g/mol. The van der Waals surface area contributed by atoms with Gasteiger partial charge >= 0.3 is 6.03 Å². The second-order valence-corrected chi connectivity index (χ2v) is 7.50. The van der Waals surface area contributed by atoms with Gasteiger partial charge in [0, 0.05) is 36.8 Å². The molecule has 0 atom stereocenters. The maximum absolute atomic E-state index is 12.4. The first-order valence-corrected chi connectivity index (χ1v) is 9.52. The highest BCUT2D eigenvalue weighted by Crippen LogP contribution is 2.31. The van der Waals surface area contributed by atoms with Crippen LogP contribution in [0.2, 0.25) is 5.02 Å². The Balaban J connectivity index is 1.64. The van der Waals surface area contributed by atoms with Gasteiger partial charge in [-0.15, -0.1) is 0 Å². The lowest BCUT2D eigenvalue weighted by Crippen LogP contribution is -2.31. The Morgan fingerprint density at radius 3 is 2.64 bits per heavy atom. The minimum Gasteiger partial charge on any atom is -0.370 e. The van der Waals surface area contributed by atoms with Gasteiger partial charge in [0.25, 0.3) is 0 Å². The van der Waals surface area contributed by atoms with E-state index in [0.717, 1.165) is 28.8 Å². The van der Waals surface area contributed by atoms with E-state index >= 15 is 0 Å². The fraction of sp³-hybridized carbons (Fsp3) is 0.316. The number of benzene rings is 2. The molecular formula is C19H21BrClN3O. The molecule has 0 bridgehead atoms. The number of carbonyl (C=O) groups excluding carboxylic acids is 1. The summed E-state index contributed by atoms with van der Waals surface area (Å²) in [5.74, 6) is 0. The van der Waals surface area contributed by atoms with Gasteiger partial charge < -0.3 is 15.1 Å². The fourth-order valence-corrected chi connectivity index (χ4v) is 3.68. The molecule has 1 saturated heterocycles. The van der Waals surface area contributed by atoms with Crippen LogP contribution in [-0.2, 0) is 6.54 Å². The zero-order valence-electron chi connectivity index (χ0n) is 14.1. The van der Waals surface area contributed by atoms with Gasteiger partial charge in [-0.25, -0.2) is 4.79 Å². The Labute approximate surface area is 161 Å². The van der Waals surface area contributed by atoms with Crippen LogP contribution in [0.3, 0.4) is 0 Å². The van der Waals surface area contributed by atoms with Crippen LogP contribution in [0.15, 0.2) is 46.9 Å². The summed E-state index contributed by atoms with van der Waals surface area (Å²) in [5.41, 5.74) is 2.80. The van der Waals surface area contributed by atoms with E-state index in [9.17, 15) is 4.79 Å². The molecule has 2 aromatic carbocycles. The zero-order valence-corrected chi connectivity index (χ0v) is 16.5. The van der Waals surface area contributed by atoms with Crippen molar-refractivity contribution in [2.45, 2.75) is 19.4 Å². The predicted octanol–water partition coefficient (Wildman–Crippen LogP) is 5.37. The topological polar surface area (TPSA) is 35.6 Å². The highest BCUT2D eigenvalue weighted by Gasteiger charge is 2.16. The van der Waals surface area contributed by atoms with Gasteiger partial charge in [0.15, 0.2) is 0 Å². The molecule has 1 aliphatic heterocycles. The third-order valence-electron chi connectivity index (χ3n) is 4.36. The number of rotatable bonds is 4. The first-order valence-electron chi connectivity index (χ1n) is 8.34. The molecule has 1 N–H and O–H groups in total. The summed E-state index contributed by atoms with van der Waals surface area (Å²) >= 11 is 9.92. The van der Waals surface area contributed by atoms with Crippen molar-refractivity contribution in [3.63, 3.8) is 0 Å². The van der Waals surface area contributed by atoms with Crippen LogP contribution < -0.4 is 10.2 Å². The highest BCUT2D eigenvalue weighted by molar-refractivity contribution is 9.10. The van der Waals surface area contributed by atoms with Crippen molar-refractivity contribution in [2.75, 3.05) is 30.4 Å². The number of amides is 2. The van der Waals surface area contributed by atoms with E-state index in [0.29, 0.717) is 17.3 Å². The maximum Gasteiger partial charge on any atom is 0.321 e. The molecule has 0 saturated carbocycles. The summed E-state index contributed by atoms with van der Waals surface area (Å²) in [5, 5.41) is 3.58. The first kappa shape index (κ1) is 18.1. The zero-order chi connectivity index (χ0) is 17.8. The molecule has 1 fully saturated rings. The van der Waals surface area contributed by atoms with E-state index in [1.54, 1.807) is 11.9 Å². The summed E-state index contributed by atoms with van der Waals surface area (Å²) < 4.78 is 0.993. The van der Waals surface area contributed by atoms with E-state index in [1.807, 2.05) is 42.5 Å². The SMILES string of the molecule is CN(Cc1ccccc1Br)C(=O)Nc1ccc(N2CCCC2)c(Cl)c1. The Hall–Kier alpha value is -1.72. The number of nitrogens with zero attached hydrogens (tertiary/aromatic N) is 2. The van der Waals surface area contributed by atoms with Crippen molar-refractivity contribution in [3.05, 3.63) is 57.5 Å². The predicted molar refractivity (Wildman–Crippen MR) is 108 cm³/mol. The van der Waals surface area contributed by atoms with Gasteiger partial charge in [-0.05, 0) is 42.7 Å². The highest BCUT2D eigenvalue weighted by atomic mass is 79.9. The van der Waals surface area contributed by atoms with Gasteiger partial charge in [0.1, 0.15) is 0 Å². The van der Waals surface area contributed by atoms with Gasteiger partial charge in [0.2, 0.25) is 0 Å². The molecule has 4 nitrogen and oxygen atoms in total. The van der Waals surface area contributed by atoms with Crippen molar-refractivity contribution in [2.24, 2.45) is 0 Å². The lowest BCUT2D eigenvalue weighted by Gasteiger charge is -2.21. The molecule has 6 heteroatoms. The van der Waals surface area contributed by atoms with Crippen LogP contribution in [0, 0.1) is 0 Å². The quantitative estimate of drug-likeness (QED) is 0.719. The molecule has 2 aromatic rings. The number of halogens is 2. The van der Waals surface area contributed by atoms with Crippen LogP contribution in [-0.4, -0.2) is 31.1 Å². The van der Waals surface area contributed by atoms with E-state index in [-0.39, 0.29) is 6.03 Å². The van der Waals surface area contributed by atoms with Crippen LogP contribution in [0.25, 0.3) is 0 Å². The second-order valence-electron chi connectivity index (χ2n) is 6.24. The van der Waals surface area contributed by atoms with E-state index in [2.05, 4.69) is 26.1 Å². The molecule has 2 amide bonds. The Morgan fingerprint density at radius 1 is 1.24 bits per heavy atom. The van der Waals surface area contributed by atoms with Crippen molar-refractivity contribution in [1.29, 1.82) is 0 Å². The third kappa shape index (κ3) is 4.47. The Kier molecular flexibility index (Phi) is 5.86. The van der Waals surface area contributed by atoms with E-state index in [1.165, 1.54) is 12.8 Å². The van der Waals surface area contributed by atoms with Crippen molar-refractivity contribution in [3.8, 4) is 0 Å². The molecule has 1 heterocycles. The van der Waals surface area contributed by atoms with Gasteiger partial charge in [-0.2, -0.15) is 0 Å². The number of carbonyl (C=O) groups is 1.